The molecule has 0 fully saturated rings. The van der Waals surface area contributed by atoms with Gasteiger partial charge in [0.15, 0.2) is 5.58 Å². The number of thiophene rings is 1. The Morgan fingerprint density at radius 1 is 0.513 bits per heavy atom. The maximum atomic E-state index is 7.32. The number of furan rings is 1. The van der Waals surface area contributed by atoms with Gasteiger partial charge in [0.2, 0.25) is 0 Å². The highest BCUT2D eigenvalue weighted by atomic mass is 32.1. The average Bonchev–Trinajstić information content (AvgIpc) is 4.15. The van der Waals surface area contributed by atoms with Gasteiger partial charge in [0.05, 0.1) is 11.4 Å². The van der Waals surface area contributed by atoms with Crippen molar-refractivity contribution in [3.8, 4) is 44.5 Å². The van der Waals surface area contributed by atoms with Crippen LogP contribution in [0.1, 0.15) is 102 Å². The summed E-state index contributed by atoms with van der Waals surface area (Å²) in [5, 5.41) is 3.54. The molecule has 9 aromatic carbocycles. The van der Waals surface area contributed by atoms with Crippen LogP contribution in [0, 0.1) is 0 Å². The molecule has 4 heterocycles. The van der Waals surface area contributed by atoms with Crippen molar-refractivity contribution in [2.24, 2.45) is 0 Å². The zero-order valence-corrected chi connectivity index (χ0v) is 45.5. The molecule has 0 saturated carbocycles. The van der Waals surface area contributed by atoms with Crippen molar-refractivity contribution in [2.45, 2.75) is 96.8 Å². The Balaban J connectivity index is 1.07. The molecule has 2 aliphatic carbocycles. The van der Waals surface area contributed by atoms with Crippen molar-refractivity contribution in [3.63, 3.8) is 0 Å². The largest absolute Gasteiger partial charge is 0.454 e. The lowest BCUT2D eigenvalue weighted by Crippen LogP contribution is -2.60. The van der Waals surface area contributed by atoms with E-state index in [2.05, 4.69) is 240 Å². The molecule has 0 bridgehead atoms. The third-order valence-electron chi connectivity index (χ3n) is 18.3. The lowest BCUT2D eigenvalue weighted by atomic mass is 9.46. The molecule has 2 aromatic heterocycles. The van der Waals surface area contributed by atoms with E-state index in [1.807, 2.05) is 11.3 Å². The first-order chi connectivity index (χ1) is 36.9. The van der Waals surface area contributed by atoms with Crippen LogP contribution in [0.2, 0.25) is 0 Å². The maximum absolute atomic E-state index is 7.32. The van der Waals surface area contributed by atoms with Crippen LogP contribution in [0.15, 0.2) is 186 Å². The summed E-state index contributed by atoms with van der Waals surface area (Å²) in [6.45, 7) is 16.9. The van der Waals surface area contributed by atoms with Crippen LogP contribution in [0.25, 0.3) is 76.5 Å². The molecule has 76 heavy (non-hydrogen) atoms. The van der Waals surface area contributed by atoms with Gasteiger partial charge in [-0.25, -0.2) is 0 Å². The molecular formula is C71H61BN2OS. The Kier molecular flexibility index (Phi) is 9.91. The Hall–Kier alpha value is -7.60. The van der Waals surface area contributed by atoms with Gasteiger partial charge in [0.25, 0.3) is 0 Å². The highest BCUT2D eigenvalue weighted by molar-refractivity contribution is 7.32. The number of unbranched alkanes of at least 4 members (excludes halogenated alkanes) is 1. The summed E-state index contributed by atoms with van der Waals surface area (Å²) in [4.78, 5) is 5.33. The predicted octanol–water partition coefficient (Wildman–Crippen LogP) is 18.8. The molecule has 0 atom stereocenters. The number of benzene rings is 9. The monoisotopic (exact) mass is 1000 g/mol. The fraction of sp³-hybridized carbons (Fsp3) is 0.211. The second-order valence-electron chi connectivity index (χ2n) is 24.1. The highest BCUT2D eigenvalue weighted by Crippen LogP contribution is 2.59. The number of para-hydroxylation sites is 1. The van der Waals surface area contributed by atoms with Gasteiger partial charge in [-0.3, -0.25) is 0 Å². The molecule has 0 amide bonds. The first kappa shape index (κ1) is 45.8. The molecular weight excluding hydrogens is 940 g/mol. The van der Waals surface area contributed by atoms with Gasteiger partial charge in [-0.15, -0.1) is 11.3 Å². The van der Waals surface area contributed by atoms with Crippen LogP contribution in [-0.2, 0) is 22.7 Å². The van der Waals surface area contributed by atoms with Crippen LogP contribution in [0.3, 0.4) is 0 Å². The molecule has 0 spiro atoms. The van der Waals surface area contributed by atoms with Crippen LogP contribution in [-0.4, -0.2) is 6.85 Å². The second-order valence-corrected chi connectivity index (χ2v) is 25.2. The zero-order chi connectivity index (χ0) is 51.4. The molecule has 11 aromatic rings. The Morgan fingerprint density at radius 3 is 1.86 bits per heavy atom. The topological polar surface area (TPSA) is 19.6 Å². The molecule has 3 nitrogen and oxygen atoms in total. The van der Waals surface area contributed by atoms with Gasteiger partial charge < -0.3 is 14.1 Å². The van der Waals surface area contributed by atoms with E-state index < -0.39 is 0 Å². The minimum atomic E-state index is -0.228. The normalized spacial score (nSPS) is 16.1. The van der Waals surface area contributed by atoms with Gasteiger partial charge in [0, 0.05) is 53.7 Å². The third kappa shape index (κ3) is 6.60. The molecule has 370 valence electrons. The molecule has 0 saturated heterocycles. The van der Waals surface area contributed by atoms with E-state index in [-0.39, 0.29) is 23.1 Å². The van der Waals surface area contributed by atoms with Gasteiger partial charge >= 0.3 is 6.85 Å². The Labute approximate surface area is 451 Å². The van der Waals surface area contributed by atoms with Crippen molar-refractivity contribution < 1.29 is 4.42 Å². The number of anilines is 5. The minimum absolute atomic E-state index is 0.0881. The smallest absolute Gasteiger partial charge is 0.343 e. The average molecular weight is 1000 g/mol. The molecule has 2 aliphatic heterocycles. The van der Waals surface area contributed by atoms with Gasteiger partial charge in [0.1, 0.15) is 5.58 Å². The number of aryl methyl sites for hydroxylation is 1. The Morgan fingerprint density at radius 2 is 1.13 bits per heavy atom. The maximum Gasteiger partial charge on any atom is 0.343 e. The van der Waals surface area contributed by atoms with Crippen molar-refractivity contribution >= 4 is 88.9 Å². The van der Waals surface area contributed by atoms with Crippen LogP contribution < -0.4 is 20.0 Å². The van der Waals surface area contributed by atoms with E-state index in [1.54, 1.807) is 0 Å². The molecule has 5 heteroatoms. The van der Waals surface area contributed by atoms with E-state index in [1.165, 1.54) is 135 Å². The first-order valence-corrected chi connectivity index (χ1v) is 28.5. The number of nitrogens with zero attached hydrogens (tertiary/aromatic N) is 2. The van der Waals surface area contributed by atoms with E-state index in [9.17, 15) is 0 Å². The standard InChI is InChI=1S/C71H61BN2OS/c1-8-9-18-43-25-30-48(31-26-43)73-65-56-37-47(45-21-14-11-15-22-45)29-34-63(56)76-68(65)72-64-54(39-55-50-23-16-17-24-62(50)75-67(55)66(64)73)53-38-51-52-40-59-60(70(4,5)36-35-69(59,2)3)41-57(52)71(6,7)58(51)42-61(53)74(72)49-32-27-46(28-33-49)44-19-12-10-13-20-44/h10-17,19-34,37-42H,8-9,18,35-36H2,1-7H3. The third-order valence-corrected chi connectivity index (χ3v) is 19.5. The summed E-state index contributed by atoms with van der Waals surface area (Å²) in [6, 6.07) is 69.4. The summed E-state index contributed by atoms with van der Waals surface area (Å²) in [7, 11) is 0. The van der Waals surface area contributed by atoms with Crippen LogP contribution in [0.4, 0.5) is 28.4 Å². The SMILES string of the molecule is CCCCc1ccc(N2c3c(sc4ccc(-c5ccccc5)cc34)B3c4c(cc5c(oc6ccccc65)c42)-c2cc4c(cc2N3c2ccc(-c3ccccc3)cc2)C(C)(C)c2cc3c(cc2-4)C(C)(C)CCC3(C)C)cc1. The lowest BCUT2D eigenvalue weighted by Gasteiger charge is -2.45. The van der Waals surface area contributed by atoms with E-state index in [4.69, 9.17) is 4.42 Å². The van der Waals surface area contributed by atoms with E-state index in [0.717, 1.165) is 39.7 Å². The van der Waals surface area contributed by atoms with Gasteiger partial charge in [-0.05, 0) is 175 Å². The summed E-state index contributed by atoms with van der Waals surface area (Å²) < 4.78 is 9.93. The zero-order valence-electron chi connectivity index (χ0n) is 44.6. The van der Waals surface area contributed by atoms with Crippen molar-refractivity contribution in [1.29, 1.82) is 0 Å². The summed E-state index contributed by atoms with van der Waals surface area (Å²) in [6.07, 6.45) is 5.78. The van der Waals surface area contributed by atoms with Gasteiger partial charge in [-0.1, -0.05) is 170 Å². The number of hydrogen-bond donors (Lipinski definition) is 0. The molecule has 0 unspecified atom stereocenters. The van der Waals surface area contributed by atoms with Crippen molar-refractivity contribution in [2.75, 3.05) is 9.71 Å². The fourth-order valence-corrected chi connectivity index (χ4v) is 15.2. The van der Waals surface area contributed by atoms with Crippen molar-refractivity contribution in [1.82, 2.24) is 0 Å². The van der Waals surface area contributed by atoms with E-state index in [0.29, 0.717) is 0 Å². The highest BCUT2D eigenvalue weighted by Gasteiger charge is 2.50. The molecule has 4 aliphatic rings. The fourth-order valence-electron chi connectivity index (χ4n) is 14.0. The minimum Gasteiger partial charge on any atom is -0.454 e. The molecule has 0 radical (unpaired) electrons. The number of rotatable bonds is 7. The molecule has 15 rings (SSSR count). The Bertz CT molecular complexity index is 4180. The predicted molar refractivity (Wildman–Crippen MR) is 325 cm³/mol. The van der Waals surface area contributed by atoms with Crippen molar-refractivity contribution in [3.05, 3.63) is 210 Å². The van der Waals surface area contributed by atoms with Crippen LogP contribution in [0.5, 0.6) is 0 Å². The quantitative estimate of drug-likeness (QED) is 0.148. The van der Waals surface area contributed by atoms with E-state index >= 15 is 0 Å². The second kappa shape index (κ2) is 16.5. The lowest BCUT2D eigenvalue weighted by molar-refractivity contribution is 0.331. The summed E-state index contributed by atoms with van der Waals surface area (Å²) in [5.41, 5.74) is 26.4. The number of hydrogen-bond acceptors (Lipinski definition) is 4. The first-order valence-electron chi connectivity index (χ1n) is 27.7. The number of fused-ring (bicyclic) bond motifs is 14. The van der Waals surface area contributed by atoms with Gasteiger partial charge in [-0.2, -0.15) is 0 Å². The summed E-state index contributed by atoms with van der Waals surface area (Å²) >= 11 is 1.95. The van der Waals surface area contributed by atoms with Crippen LogP contribution >= 0.6 is 11.3 Å². The molecule has 0 N–H and O–H groups in total. The summed E-state index contributed by atoms with van der Waals surface area (Å²) in [5.74, 6) is 0.